The SMILES string of the molecule is Fc1cc(Br)cc(F)c1-c1nc(=S)[nH][nH]1. The van der Waals surface area contributed by atoms with Crippen molar-refractivity contribution in [2.45, 2.75) is 0 Å². The van der Waals surface area contributed by atoms with E-state index in [0.29, 0.717) is 4.47 Å². The predicted molar refractivity (Wildman–Crippen MR) is 56.8 cm³/mol. The van der Waals surface area contributed by atoms with Gasteiger partial charge in [0.2, 0.25) is 4.77 Å². The molecule has 2 rings (SSSR count). The first-order valence-electron chi connectivity index (χ1n) is 3.87. The number of nitrogens with one attached hydrogen (secondary N) is 2. The van der Waals surface area contributed by atoms with Gasteiger partial charge in [-0.15, -0.1) is 0 Å². The molecule has 0 unspecified atom stereocenters. The van der Waals surface area contributed by atoms with Crippen LogP contribution in [0.4, 0.5) is 8.78 Å². The highest BCUT2D eigenvalue weighted by molar-refractivity contribution is 9.10. The lowest BCUT2D eigenvalue weighted by Crippen LogP contribution is -1.92. The summed E-state index contributed by atoms with van der Waals surface area (Å²) in [6.45, 7) is 0. The van der Waals surface area contributed by atoms with E-state index < -0.39 is 11.6 Å². The Balaban J connectivity index is 2.67. The van der Waals surface area contributed by atoms with Gasteiger partial charge in [0.15, 0.2) is 5.82 Å². The van der Waals surface area contributed by atoms with Crippen molar-refractivity contribution in [1.29, 1.82) is 0 Å². The van der Waals surface area contributed by atoms with Gasteiger partial charge < -0.3 is 0 Å². The first kappa shape index (κ1) is 10.4. The van der Waals surface area contributed by atoms with Crippen molar-refractivity contribution in [2.75, 3.05) is 0 Å². The normalized spacial score (nSPS) is 10.6. The number of rotatable bonds is 1. The lowest BCUT2D eigenvalue weighted by atomic mass is 10.2. The second kappa shape index (κ2) is 3.82. The number of halogens is 3. The van der Waals surface area contributed by atoms with Crippen molar-refractivity contribution in [3.05, 3.63) is 33.0 Å². The maximum atomic E-state index is 13.4. The molecule has 0 saturated heterocycles. The van der Waals surface area contributed by atoms with E-state index in [-0.39, 0.29) is 16.2 Å². The molecule has 7 heteroatoms. The summed E-state index contributed by atoms with van der Waals surface area (Å²) < 4.78 is 27.3. The highest BCUT2D eigenvalue weighted by Gasteiger charge is 2.14. The smallest absolute Gasteiger partial charge is 0.213 e. The third-order valence-corrected chi connectivity index (χ3v) is 2.40. The Hall–Kier alpha value is -1.08. The molecule has 0 radical (unpaired) electrons. The zero-order chi connectivity index (χ0) is 11.0. The number of hydrogen-bond donors (Lipinski definition) is 2. The maximum absolute atomic E-state index is 13.4. The lowest BCUT2D eigenvalue weighted by Gasteiger charge is -2.01. The average molecular weight is 292 g/mol. The number of hydrogen-bond acceptors (Lipinski definition) is 2. The highest BCUT2D eigenvalue weighted by Crippen LogP contribution is 2.26. The topological polar surface area (TPSA) is 44.5 Å². The minimum atomic E-state index is -0.709. The molecule has 3 nitrogen and oxygen atoms in total. The summed E-state index contributed by atoms with van der Waals surface area (Å²) in [5.74, 6) is -1.37. The summed E-state index contributed by atoms with van der Waals surface area (Å²) in [7, 11) is 0. The van der Waals surface area contributed by atoms with Gasteiger partial charge >= 0.3 is 0 Å². The first-order valence-corrected chi connectivity index (χ1v) is 5.07. The molecule has 0 saturated carbocycles. The monoisotopic (exact) mass is 291 g/mol. The molecular formula is C8H4BrF2N3S. The van der Waals surface area contributed by atoms with Crippen molar-refractivity contribution in [1.82, 2.24) is 15.2 Å². The van der Waals surface area contributed by atoms with Gasteiger partial charge in [-0.05, 0) is 24.4 Å². The van der Waals surface area contributed by atoms with Crippen molar-refractivity contribution in [3.8, 4) is 11.4 Å². The standard InChI is InChI=1S/C8H4BrF2N3S/c9-3-1-4(10)6(5(11)2-3)7-12-8(15)14-13-7/h1-2H,(H2,12,13,14,15). The van der Waals surface area contributed by atoms with Gasteiger partial charge in [-0.2, -0.15) is 4.98 Å². The molecule has 0 aliphatic rings. The number of benzene rings is 1. The van der Waals surface area contributed by atoms with Crippen LogP contribution < -0.4 is 0 Å². The Morgan fingerprint density at radius 2 is 1.80 bits per heavy atom. The molecule has 78 valence electrons. The molecule has 0 aliphatic heterocycles. The van der Waals surface area contributed by atoms with E-state index in [4.69, 9.17) is 12.2 Å². The van der Waals surface area contributed by atoms with Crippen LogP contribution in [0.2, 0.25) is 0 Å². The van der Waals surface area contributed by atoms with Crippen LogP contribution in [0.25, 0.3) is 11.4 Å². The third kappa shape index (κ3) is 1.98. The molecule has 2 aromatic rings. The fourth-order valence-corrected chi connectivity index (χ4v) is 1.70. The van der Waals surface area contributed by atoms with Gasteiger partial charge in [-0.25, -0.2) is 8.78 Å². The summed E-state index contributed by atoms with van der Waals surface area (Å²) in [6.07, 6.45) is 0. The van der Waals surface area contributed by atoms with E-state index in [1.54, 1.807) is 0 Å². The largest absolute Gasteiger partial charge is 0.281 e. The van der Waals surface area contributed by atoms with Crippen LogP contribution in [0.1, 0.15) is 0 Å². The van der Waals surface area contributed by atoms with Crippen LogP contribution >= 0.6 is 28.1 Å². The van der Waals surface area contributed by atoms with E-state index in [1.807, 2.05) is 0 Å². The van der Waals surface area contributed by atoms with Gasteiger partial charge in [0.05, 0.1) is 5.56 Å². The van der Waals surface area contributed by atoms with Crippen molar-refractivity contribution >= 4 is 28.1 Å². The van der Waals surface area contributed by atoms with Crippen LogP contribution in [-0.2, 0) is 0 Å². The molecule has 1 aromatic carbocycles. The summed E-state index contributed by atoms with van der Waals surface area (Å²) in [5, 5.41) is 4.96. The van der Waals surface area contributed by atoms with E-state index in [0.717, 1.165) is 12.1 Å². The Morgan fingerprint density at radius 1 is 1.20 bits per heavy atom. The predicted octanol–water partition coefficient (Wildman–Crippen LogP) is 3.17. The Bertz CT molecular complexity index is 540. The number of H-pyrrole nitrogens is 2. The Kier molecular flexibility index (Phi) is 2.66. The zero-order valence-corrected chi connectivity index (χ0v) is 9.55. The summed E-state index contributed by atoms with van der Waals surface area (Å²) in [5.41, 5.74) is -0.231. The quantitative estimate of drug-likeness (QED) is 0.793. The van der Waals surface area contributed by atoms with Gasteiger partial charge in [0.1, 0.15) is 11.6 Å². The summed E-state index contributed by atoms with van der Waals surface area (Å²) in [6, 6.07) is 2.31. The molecule has 0 aliphatic carbocycles. The van der Waals surface area contributed by atoms with E-state index in [2.05, 4.69) is 31.1 Å². The molecule has 0 fully saturated rings. The Morgan fingerprint density at radius 3 is 2.27 bits per heavy atom. The van der Waals surface area contributed by atoms with Crippen LogP contribution in [0.15, 0.2) is 16.6 Å². The van der Waals surface area contributed by atoms with E-state index in [9.17, 15) is 8.78 Å². The van der Waals surface area contributed by atoms with Gasteiger partial charge in [-0.1, -0.05) is 15.9 Å². The number of aromatic amines is 2. The minimum absolute atomic E-state index is 0.0440. The number of aromatic nitrogens is 3. The van der Waals surface area contributed by atoms with Gasteiger partial charge in [0.25, 0.3) is 0 Å². The van der Waals surface area contributed by atoms with E-state index in [1.165, 1.54) is 0 Å². The summed E-state index contributed by atoms with van der Waals surface area (Å²) >= 11 is 7.68. The van der Waals surface area contributed by atoms with Crippen molar-refractivity contribution in [3.63, 3.8) is 0 Å². The fourth-order valence-electron chi connectivity index (χ4n) is 1.16. The molecule has 15 heavy (non-hydrogen) atoms. The molecule has 1 heterocycles. The zero-order valence-electron chi connectivity index (χ0n) is 7.14. The maximum Gasteiger partial charge on any atom is 0.213 e. The van der Waals surface area contributed by atoms with Crippen LogP contribution in [0.3, 0.4) is 0 Å². The highest BCUT2D eigenvalue weighted by atomic mass is 79.9. The second-order valence-electron chi connectivity index (χ2n) is 2.76. The molecule has 0 atom stereocenters. The third-order valence-electron chi connectivity index (χ3n) is 1.74. The molecule has 2 N–H and O–H groups in total. The number of nitrogens with zero attached hydrogens (tertiary/aromatic N) is 1. The molecule has 0 spiro atoms. The lowest BCUT2D eigenvalue weighted by molar-refractivity contribution is 0.586. The first-order chi connectivity index (χ1) is 7.08. The van der Waals surface area contributed by atoms with Gasteiger partial charge in [0, 0.05) is 4.47 Å². The molecule has 0 bridgehead atoms. The molecular weight excluding hydrogens is 288 g/mol. The average Bonchev–Trinajstić information content (AvgIpc) is 2.49. The van der Waals surface area contributed by atoms with Gasteiger partial charge in [-0.3, -0.25) is 10.2 Å². The fraction of sp³-hybridized carbons (Fsp3) is 0. The van der Waals surface area contributed by atoms with E-state index >= 15 is 0 Å². The second-order valence-corrected chi connectivity index (χ2v) is 4.06. The Labute approximate surface area is 96.7 Å². The van der Waals surface area contributed by atoms with Crippen LogP contribution in [-0.4, -0.2) is 15.2 Å². The summed E-state index contributed by atoms with van der Waals surface area (Å²) in [4.78, 5) is 3.74. The van der Waals surface area contributed by atoms with Crippen molar-refractivity contribution < 1.29 is 8.78 Å². The van der Waals surface area contributed by atoms with Crippen LogP contribution in [0, 0.1) is 16.4 Å². The van der Waals surface area contributed by atoms with Crippen molar-refractivity contribution in [2.24, 2.45) is 0 Å². The molecule has 0 amide bonds. The molecule has 1 aromatic heterocycles. The van der Waals surface area contributed by atoms with Crippen LogP contribution in [0.5, 0.6) is 0 Å². The minimum Gasteiger partial charge on any atom is -0.281 e.